The maximum atomic E-state index is 13.3. The first kappa shape index (κ1) is 27.7. The minimum atomic E-state index is -3.57. The average molecular weight is 577 g/mol. The van der Waals surface area contributed by atoms with Gasteiger partial charge in [0.25, 0.3) is 5.91 Å². The van der Waals surface area contributed by atoms with Gasteiger partial charge in [-0.1, -0.05) is 26.0 Å². The molecule has 0 bridgehead atoms. The second-order valence-electron chi connectivity index (χ2n) is 8.75. The van der Waals surface area contributed by atoms with Crippen molar-refractivity contribution in [1.82, 2.24) is 14.2 Å². The highest BCUT2D eigenvalue weighted by Crippen LogP contribution is 2.45. The zero-order chi connectivity index (χ0) is 25.4. The van der Waals surface area contributed by atoms with Crippen molar-refractivity contribution in [3.63, 3.8) is 0 Å². The van der Waals surface area contributed by atoms with Crippen LogP contribution in [0.15, 0.2) is 53.4 Å². The Morgan fingerprint density at radius 3 is 2.46 bits per heavy atom. The molecule has 0 unspecified atom stereocenters. The number of benzene rings is 2. The molecular weight excluding hydrogens is 548 g/mol. The number of halogens is 1. The molecule has 1 aliphatic heterocycles. The molecule has 1 N–H and O–H groups in total. The normalized spacial score (nSPS) is 13.9. The highest BCUT2D eigenvalue weighted by atomic mass is 35.5. The number of thiazole rings is 1. The number of fused-ring (bicyclic) bond motifs is 2. The van der Waals surface area contributed by atoms with Gasteiger partial charge in [0.15, 0.2) is 0 Å². The molecule has 37 heavy (non-hydrogen) atoms. The first-order valence-corrected chi connectivity index (χ1v) is 15.0. The lowest BCUT2D eigenvalue weighted by molar-refractivity contribution is 0.102. The summed E-state index contributed by atoms with van der Waals surface area (Å²) in [6.07, 6.45) is 0.904. The fourth-order valence-corrected chi connectivity index (χ4v) is 8.38. The van der Waals surface area contributed by atoms with Crippen LogP contribution >= 0.6 is 35.1 Å². The zero-order valence-electron chi connectivity index (χ0n) is 20.9. The summed E-state index contributed by atoms with van der Waals surface area (Å²) in [6, 6.07) is 14.2. The number of sulfonamides is 1. The Bertz CT molecular complexity index is 1490. The Morgan fingerprint density at radius 2 is 1.78 bits per heavy atom. The van der Waals surface area contributed by atoms with E-state index >= 15 is 0 Å². The maximum Gasteiger partial charge on any atom is 0.256 e. The van der Waals surface area contributed by atoms with E-state index in [2.05, 4.69) is 23.3 Å². The van der Waals surface area contributed by atoms with Gasteiger partial charge in [-0.2, -0.15) is 4.31 Å². The van der Waals surface area contributed by atoms with Crippen molar-refractivity contribution in [2.45, 2.75) is 31.7 Å². The molecule has 0 fully saturated rings. The van der Waals surface area contributed by atoms with Crippen molar-refractivity contribution in [3.8, 4) is 10.6 Å². The van der Waals surface area contributed by atoms with Crippen molar-refractivity contribution in [3.05, 3.63) is 64.5 Å². The number of hydrogen-bond acceptors (Lipinski definition) is 7. The molecule has 1 aliphatic rings. The second-order valence-corrected chi connectivity index (χ2v) is 12.8. The smallest absolute Gasteiger partial charge is 0.256 e. The highest BCUT2D eigenvalue weighted by molar-refractivity contribution is 7.89. The monoisotopic (exact) mass is 576 g/mol. The van der Waals surface area contributed by atoms with Gasteiger partial charge < -0.3 is 10.2 Å². The van der Waals surface area contributed by atoms with Crippen LogP contribution in [0.5, 0.6) is 0 Å². The SMILES string of the molecule is CCN(CC)S(=O)(=O)c1ccc(C(=O)Nc2sc3c(c2-c2nc4ccccc4s2)CCN(C)C3)cc1.Cl. The molecule has 0 saturated heterocycles. The molecule has 1 amide bonds. The predicted octanol–water partition coefficient (Wildman–Crippen LogP) is 5.72. The fraction of sp³-hybridized carbons (Fsp3) is 0.308. The van der Waals surface area contributed by atoms with Crippen molar-refractivity contribution in [2.75, 3.05) is 32.0 Å². The summed E-state index contributed by atoms with van der Waals surface area (Å²) in [5, 5.41) is 4.82. The van der Waals surface area contributed by atoms with Gasteiger partial charge in [-0.15, -0.1) is 35.1 Å². The summed E-state index contributed by atoms with van der Waals surface area (Å²) >= 11 is 3.24. The highest BCUT2D eigenvalue weighted by Gasteiger charge is 2.27. The van der Waals surface area contributed by atoms with Gasteiger partial charge >= 0.3 is 0 Å². The molecule has 0 radical (unpaired) electrons. The van der Waals surface area contributed by atoms with E-state index in [4.69, 9.17) is 4.98 Å². The van der Waals surface area contributed by atoms with Gasteiger partial charge in [0.1, 0.15) is 10.0 Å². The molecule has 0 saturated carbocycles. The third-order valence-corrected chi connectivity index (χ3v) is 10.7. The van der Waals surface area contributed by atoms with Gasteiger partial charge in [-0.25, -0.2) is 13.4 Å². The number of likely N-dealkylation sites (N-methyl/N-ethyl adjacent to an activating group) is 1. The Balaban J connectivity index is 0.00000320. The van der Waals surface area contributed by atoms with Crippen molar-refractivity contribution < 1.29 is 13.2 Å². The number of nitrogens with one attached hydrogen (secondary N) is 1. The topological polar surface area (TPSA) is 82.6 Å². The van der Waals surface area contributed by atoms with E-state index in [9.17, 15) is 13.2 Å². The Kier molecular flexibility index (Phi) is 8.37. The Labute approximate surface area is 231 Å². The summed E-state index contributed by atoms with van der Waals surface area (Å²) in [4.78, 5) is 21.9. The number of aromatic nitrogens is 1. The van der Waals surface area contributed by atoms with Gasteiger partial charge in [-0.3, -0.25) is 4.79 Å². The van der Waals surface area contributed by atoms with E-state index < -0.39 is 10.0 Å². The number of rotatable bonds is 7. The maximum absolute atomic E-state index is 13.3. The number of para-hydroxylation sites is 1. The first-order valence-electron chi connectivity index (χ1n) is 11.9. The lowest BCUT2D eigenvalue weighted by Crippen LogP contribution is -2.30. The van der Waals surface area contributed by atoms with Crippen LogP contribution in [0.3, 0.4) is 0 Å². The van der Waals surface area contributed by atoms with Crippen LogP contribution < -0.4 is 5.32 Å². The van der Waals surface area contributed by atoms with Gasteiger partial charge in [0.05, 0.1) is 15.1 Å². The zero-order valence-corrected chi connectivity index (χ0v) is 24.1. The molecule has 5 rings (SSSR count). The molecule has 196 valence electrons. The fourth-order valence-electron chi connectivity index (χ4n) is 4.49. The molecule has 0 spiro atoms. The lowest BCUT2D eigenvalue weighted by atomic mass is 10.0. The van der Waals surface area contributed by atoms with Crippen LogP contribution in [-0.4, -0.2) is 55.2 Å². The minimum Gasteiger partial charge on any atom is -0.313 e. The van der Waals surface area contributed by atoms with Crippen molar-refractivity contribution >= 4 is 66.2 Å². The quantitative estimate of drug-likeness (QED) is 0.304. The predicted molar refractivity (Wildman–Crippen MR) is 155 cm³/mol. The molecule has 0 aliphatic carbocycles. The standard InChI is InChI=1S/C26H28N4O3S3.ClH/c1-4-30(5-2)36(32,33)18-12-10-17(11-13-18)24(31)28-26-23(19-14-15-29(3)16-22(19)35-26)25-27-20-8-6-7-9-21(20)34-25;/h6-13H,4-5,14-16H2,1-3H3,(H,28,31);1H. The third kappa shape index (κ3) is 5.32. The van der Waals surface area contributed by atoms with Crippen molar-refractivity contribution in [1.29, 1.82) is 0 Å². The lowest BCUT2D eigenvalue weighted by Gasteiger charge is -2.22. The molecule has 3 heterocycles. The van der Waals surface area contributed by atoms with Crippen LogP contribution in [0.4, 0.5) is 5.00 Å². The summed E-state index contributed by atoms with van der Waals surface area (Å²) < 4.78 is 28.1. The summed E-state index contributed by atoms with van der Waals surface area (Å²) in [6.45, 7) is 6.21. The summed E-state index contributed by atoms with van der Waals surface area (Å²) in [5.74, 6) is -0.268. The van der Waals surface area contributed by atoms with Crippen LogP contribution in [0, 0.1) is 0 Å². The Hall–Kier alpha value is -2.34. The molecule has 0 atom stereocenters. The van der Waals surface area contributed by atoms with Gasteiger partial charge in [0.2, 0.25) is 10.0 Å². The molecule has 2 aromatic carbocycles. The average Bonchev–Trinajstić information content (AvgIpc) is 3.44. The number of nitrogens with zero attached hydrogens (tertiary/aromatic N) is 3. The minimum absolute atomic E-state index is 0. The van der Waals surface area contributed by atoms with Crippen LogP contribution in [0.25, 0.3) is 20.8 Å². The Morgan fingerprint density at radius 1 is 1.08 bits per heavy atom. The van der Waals surface area contributed by atoms with E-state index in [1.165, 1.54) is 26.9 Å². The molecule has 4 aromatic rings. The van der Waals surface area contributed by atoms with Crippen molar-refractivity contribution in [2.24, 2.45) is 0 Å². The number of hydrogen-bond donors (Lipinski definition) is 1. The second kappa shape index (κ2) is 11.2. The van der Waals surface area contributed by atoms with Crippen LogP contribution in [0.1, 0.15) is 34.6 Å². The summed E-state index contributed by atoms with van der Waals surface area (Å²) in [7, 11) is -1.47. The molecule has 11 heteroatoms. The van der Waals surface area contributed by atoms with Gasteiger partial charge in [-0.05, 0) is 55.4 Å². The number of carbonyl (C=O) groups is 1. The molecule has 7 nitrogen and oxygen atoms in total. The molecular formula is C26H29ClN4O3S3. The largest absolute Gasteiger partial charge is 0.313 e. The van der Waals surface area contributed by atoms with Crippen LogP contribution in [0.2, 0.25) is 0 Å². The number of amides is 1. The number of thiophene rings is 1. The first-order chi connectivity index (χ1) is 17.3. The van der Waals surface area contributed by atoms with Gasteiger partial charge in [0, 0.05) is 42.2 Å². The van der Waals surface area contributed by atoms with E-state index in [1.54, 1.807) is 34.8 Å². The number of anilines is 1. The summed E-state index contributed by atoms with van der Waals surface area (Å²) in [5.41, 5.74) is 3.63. The van der Waals surface area contributed by atoms with E-state index in [0.29, 0.717) is 18.7 Å². The number of carbonyl (C=O) groups excluding carboxylic acids is 1. The van der Waals surface area contributed by atoms with E-state index in [1.807, 2.05) is 32.0 Å². The molecule has 2 aromatic heterocycles. The van der Waals surface area contributed by atoms with E-state index in [-0.39, 0.29) is 23.2 Å². The van der Waals surface area contributed by atoms with Crippen LogP contribution in [-0.2, 0) is 23.0 Å². The van der Waals surface area contributed by atoms with E-state index in [0.717, 1.165) is 45.3 Å². The third-order valence-electron chi connectivity index (χ3n) is 6.44.